The smallest absolute Gasteiger partial charge is 0.0399 e. The third-order valence-corrected chi connectivity index (χ3v) is 4.81. The van der Waals surface area contributed by atoms with Crippen LogP contribution in [0.5, 0.6) is 0 Å². The van der Waals surface area contributed by atoms with E-state index in [-0.39, 0.29) is 4.75 Å². The molecule has 0 saturated carbocycles. The SMILES string of the molecule is CCCc1cccc(C(C)(C)Sc2ccc(C)cc2)c1. The topological polar surface area (TPSA) is 0 Å². The Balaban J connectivity index is 2.20. The second-order valence-electron chi connectivity index (χ2n) is 5.88. The molecule has 1 heteroatoms. The van der Waals surface area contributed by atoms with Gasteiger partial charge in [-0.3, -0.25) is 0 Å². The van der Waals surface area contributed by atoms with Crippen LogP contribution in [0.4, 0.5) is 0 Å². The molecule has 2 aromatic rings. The Hall–Kier alpha value is -1.21. The van der Waals surface area contributed by atoms with Crippen LogP contribution < -0.4 is 0 Å². The fraction of sp³-hybridized carbons (Fsp3) is 0.368. The van der Waals surface area contributed by atoms with Gasteiger partial charge in [0, 0.05) is 9.64 Å². The minimum absolute atomic E-state index is 0.0962. The standard InChI is InChI=1S/C19H24S/c1-5-7-16-8-6-9-17(14-16)19(3,4)20-18-12-10-15(2)11-13-18/h6,8-14H,5,7H2,1-4H3. The van der Waals surface area contributed by atoms with Crippen molar-refractivity contribution in [1.29, 1.82) is 0 Å². The zero-order chi connectivity index (χ0) is 14.6. The summed E-state index contributed by atoms with van der Waals surface area (Å²) < 4.78 is 0.0962. The van der Waals surface area contributed by atoms with Gasteiger partial charge in [-0.2, -0.15) is 0 Å². The van der Waals surface area contributed by atoms with Crippen LogP contribution in [-0.4, -0.2) is 0 Å². The van der Waals surface area contributed by atoms with Crippen LogP contribution in [0.25, 0.3) is 0 Å². The maximum atomic E-state index is 2.37. The third-order valence-electron chi connectivity index (χ3n) is 3.55. The van der Waals surface area contributed by atoms with E-state index in [9.17, 15) is 0 Å². The molecule has 0 spiro atoms. The molecule has 20 heavy (non-hydrogen) atoms. The van der Waals surface area contributed by atoms with Crippen molar-refractivity contribution in [3.05, 3.63) is 65.2 Å². The minimum atomic E-state index is 0.0962. The van der Waals surface area contributed by atoms with Gasteiger partial charge in [-0.1, -0.05) is 55.3 Å². The van der Waals surface area contributed by atoms with Gasteiger partial charge in [0.25, 0.3) is 0 Å². The van der Waals surface area contributed by atoms with Gasteiger partial charge in [-0.05, 0) is 50.5 Å². The van der Waals surface area contributed by atoms with E-state index in [4.69, 9.17) is 0 Å². The maximum Gasteiger partial charge on any atom is 0.0399 e. The maximum absolute atomic E-state index is 2.37. The van der Waals surface area contributed by atoms with Crippen molar-refractivity contribution < 1.29 is 0 Å². The van der Waals surface area contributed by atoms with E-state index < -0.39 is 0 Å². The molecule has 2 aromatic carbocycles. The third kappa shape index (κ3) is 3.89. The van der Waals surface area contributed by atoms with Crippen molar-refractivity contribution in [2.24, 2.45) is 0 Å². The van der Waals surface area contributed by atoms with Crippen LogP contribution in [0.2, 0.25) is 0 Å². The van der Waals surface area contributed by atoms with Gasteiger partial charge in [-0.25, -0.2) is 0 Å². The summed E-state index contributed by atoms with van der Waals surface area (Å²) >= 11 is 1.93. The number of benzene rings is 2. The average molecular weight is 284 g/mol. The van der Waals surface area contributed by atoms with Gasteiger partial charge in [0.1, 0.15) is 0 Å². The fourth-order valence-corrected chi connectivity index (χ4v) is 3.46. The van der Waals surface area contributed by atoms with Crippen LogP contribution >= 0.6 is 11.8 Å². The quantitative estimate of drug-likeness (QED) is 0.609. The first kappa shape index (κ1) is 15.2. The highest BCUT2D eigenvalue weighted by atomic mass is 32.2. The molecule has 2 rings (SSSR count). The summed E-state index contributed by atoms with van der Waals surface area (Å²) in [5, 5.41) is 0. The second-order valence-corrected chi connectivity index (χ2v) is 7.57. The molecule has 0 saturated heterocycles. The summed E-state index contributed by atoms with van der Waals surface area (Å²) in [5.74, 6) is 0. The van der Waals surface area contributed by atoms with E-state index in [1.54, 1.807) is 0 Å². The molecule has 0 fully saturated rings. The molecule has 0 atom stereocenters. The molecule has 0 aliphatic heterocycles. The van der Waals surface area contributed by atoms with Gasteiger partial charge in [0.2, 0.25) is 0 Å². The van der Waals surface area contributed by atoms with E-state index in [0.717, 1.165) is 0 Å². The van der Waals surface area contributed by atoms with E-state index in [2.05, 4.69) is 76.2 Å². The summed E-state index contributed by atoms with van der Waals surface area (Å²) in [7, 11) is 0. The summed E-state index contributed by atoms with van der Waals surface area (Å²) in [6.45, 7) is 8.98. The van der Waals surface area contributed by atoms with Crippen molar-refractivity contribution in [2.75, 3.05) is 0 Å². The largest absolute Gasteiger partial charge is 0.115 e. The number of hydrogen-bond donors (Lipinski definition) is 0. The van der Waals surface area contributed by atoms with E-state index >= 15 is 0 Å². The van der Waals surface area contributed by atoms with Crippen LogP contribution in [-0.2, 0) is 11.2 Å². The Morgan fingerprint density at radius 3 is 2.35 bits per heavy atom. The highest BCUT2D eigenvalue weighted by Crippen LogP contribution is 2.41. The van der Waals surface area contributed by atoms with Gasteiger partial charge in [0.05, 0.1) is 0 Å². The highest BCUT2D eigenvalue weighted by molar-refractivity contribution is 8.00. The first-order valence-electron chi connectivity index (χ1n) is 7.36. The average Bonchev–Trinajstić information content (AvgIpc) is 2.42. The monoisotopic (exact) mass is 284 g/mol. The lowest BCUT2D eigenvalue weighted by Crippen LogP contribution is -2.12. The predicted molar refractivity (Wildman–Crippen MR) is 90.5 cm³/mol. The molecular weight excluding hydrogens is 260 g/mol. The van der Waals surface area contributed by atoms with Crippen LogP contribution in [0.15, 0.2) is 53.4 Å². The summed E-state index contributed by atoms with van der Waals surface area (Å²) in [6, 6.07) is 17.9. The van der Waals surface area contributed by atoms with E-state index in [0.29, 0.717) is 0 Å². The molecule has 0 N–H and O–H groups in total. The highest BCUT2D eigenvalue weighted by Gasteiger charge is 2.22. The lowest BCUT2D eigenvalue weighted by Gasteiger charge is -2.25. The lowest BCUT2D eigenvalue weighted by molar-refractivity contribution is 0.777. The Kier molecular flexibility index (Phi) is 4.93. The van der Waals surface area contributed by atoms with Gasteiger partial charge in [0.15, 0.2) is 0 Å². The van der Waals surface area contributed by atoms with Gasteiger partial charge in [-0.15, -0.1) is 11.8 Å². The van der Waals surface area contributed by atoms with Crippen molar-refractivity contribution >= 4 is 11.8 Å². The van der Waals surface area contributed by atoms with Gasteiger partial charge >= 0.3 is 0 Å². The number of hydrogen-bond acceptors (Lipinski definition) is 1. The molecule has 0 unspecified atom stereocenters. The van der Waals surface area contributed by atoms with Crippen LogP contribution in [0.3, 0.4) is 0 Å². The van der Waals surface area contributed by atoms with Crippen molar-refractivity contribution in [3.63, 3.8) is 0 Å². The molecule has 0 aliphatic rings. The number of aryl methyl sites for hydroxylation is 2. The first-order chi connectivity index (χ1) is 9.51. The lowest BCUT2D eigenvalue weighted by atomic mass is 9.98. The van der Waals surface area contributed by atoms with Crippen molar-refractivity contribution in [2.45, 2.75) is 50.2 Å². The fourth-order valence-electron chi connectivity index (χ4n) is 2.35. The first-order valence-corrected chi connectivity index (χ1v) is 8.18. The molecule has 0 bridgehead atoms. The summed E-state index contributed by atoms with van der Waals surface area (Å²) in [5.41, 5.74) is 4.17. The number of thioether (sulfide) groups is 1. The molecule has 0 aromatic heterocycles. The van der Waals surface area contributed by atoms with E-state index in [1.165, 1.54) is 34.4 Å². The zero-order valence-electron chi connectivity index (χ0n) is 12.9. The molecule has 0 amide bonds. The van der Waals surface area contributed by atoms with Crippen molar-refractivity contribution in [1.82, 2.24) is 0 Å². The molecular formula is C19H24S. The van der Waals surface area contributed by atoms with Crippen LogP contribution in [0, 0.1) is 6.92 Å². The predicted octanol–water partition coefficient (Wildman–Crippen LogP) is 5.97. The Morgan fingerprint density at radius 1 is 1.00 bits per heavy atom. The molecule has 0 heterocycles. The van der Waals surface area contributed by atoms with E-state index in [1.807, 2.05) is 11.8 Å². The van der Waals surface area contributed by atoms with Gasteiger partial charge < -0.3 is 0 Å². The van der Waals surface area contributed by atoms with Crippen molar-refractivity contribution in [3.8, 4) is 0 Å². The summed E-state index contributed by atoms with van der Waals surface area (Å²) in [6.07, 6.45) is 2.37. The number of rotatable bonds is 5. The molecule has 0 radical (unpaired) electrons. The minimum Gasteiger partial charge on any atom is -0.115 e. The second kappa shape index (κ2) is 6.49. The Morgan fingerprint density at radius 2 is 1.70 bits per heavy atom. The van der Waals surface area contributed by atoms with Crippen LogP contribution in [0.1, 0.15) is 43.9 Å². The zero-order valence-corrected chi connectivity index (χ0v) is 13.8. The molecule has 0 aliphatic carbocycles. The molecule has 0 nitrogen and oxygen atoms in total. The molecule has 106 valence electrons. The Bertz CT molecular complexity index is 552. The normalized spacial score (nSPS) is 11.6. The summed E-state index contributed by atoms with van der Waals surface area (Å²) in [4.78, 5) is 1.33. The Labute approximate surface area is 127 Å².